The number of aryl methyl sites for hydroxylation is 1. The number of pyridine rings is 2. The van der Waals surface area contributed by atoms with Crippen molar-refractivity contribution in [3.8, 4) is 21.7 Å². The zero-order chi connectivity index (χ0) is 28.3. The van der Waals surface area contributed by atoms with Gasteiger partial charge < -0.3 is 15.2 Å². The molecule has 0 aliphatic heterocycles. The Balaban J connectivity index is 1.91. The molecule has 0 saturated carbocycles. The van der Waals surface area contributed by atoms with E-state index in [1.807, 2.05) is 6.92 Å². The molecule has 4 rings (SSSR count). The molecule has 0 unspecified atom stereocenters. The van der Waals surface area contributed by atoms with Gasteiger partial charge in [0.25, 0.3) is 5.91 Å². The van der Waals surface area contributed by atoms with E-state index in [1.54, 1.807) is 29.7 Å². The van der Waals surface area contributed by atoms with Crippen molar-refractivity contribution >= 4 is 40.0 Å². The lowest BCUT2D eigenvalue weighted by molar-refractivity contribution is -0.140. The van der Waals surface area contributed by atoms with Gasteiger partial charge in [-0.1, -0.05) is 13.0 Å². The van der Waals surface area contributed by atoms with Crippen LogP contribution in [0.2, 0.25) is 0 Å². The molecular formula is C26H25F3N6O3S. The SMILES string of the molecule is CCCn1cc(C(=O)NC)c(=O)c2ccc(-c3cnc(NC(=O)NCC)cc3-c3nc(C(F)(F)F)cs3)cc21. The molecule has 0 saturated heterocycles. The van der Waals surface area contributed by atoms with E-state index in [4.69, 9.17) is 0 Å². The molecule has 0 radical (unpaired) electrons. The molecule has 0 bridgehead atoms. The van der Waals surface area contributed by atoms with Crippen molar-refractivity contribution in [2.45, 2.75) is 33.0 Å². The van der Waals surface area contributed by atoms with Crippen molar-refractivity contribution in [1.82, 2.24) is 25.2 Å². The predicted octanol–water partition coefficient (Wildman–Crippen LogP) is 5.12. The third kappa shape index (κ3) is 5.77. The van der Waals surface area contributed by atoms with Crippen molar-refractivity contribution in [2.24, 2.45) is 0 Å². The van der Waals surface area contributed by atoms with E-state index in [0.29, 0.717) is 40.7 Å². The maximum Gasteiger partial charge on any atom is 0.434 e. The number of anilines is 1. The van der Waals surface area contributed by atoms with Gasteiger partial charge in [0.1, 0.15) is 16.4 Å². The Morgan fingerprint density at radius 2 is 1.90 bits per heavy atom. The first-order chi connectivity index (χ1) is 18.6. The van der Waals surface area contributed by atoms with Crippen LogP contribution in [0.4, 0.5) is 23.8 Å². The normalized spacial score (nSPS) is 11.4. The number of carbonyl (C=O) groups excluding carboxylic acids is 2. The smallest absolute Gasteiger partial charge is 0.355 e. The number of nitrogens with one attached hydrogen (secondary N) is 3. The number of urea groups is 1. The first kappa shape index (κ1) is 27.8. The van der Waals surface area contributed by atoms with E-state index in [9.17, 15) is 27.6 Å². The van der Waals surface area contributed by atoms with Gasteiger partial charge >= 0.3 is 12.2 Å². The van der Waals surface area contributed by atoms with Crippen LogP contribution < -0.4 is 21.4 Å². The number of aromatic nitrogens is 3. The van der Waals surface area contributed by atoms with Crippen molar-refractivity contribution < 1.29 is 22.8 Å². The highest BCUT2D eigenvalue weighted by molar-refractivity contribution is 7.13. The minimum atomic E-state index is -4.62. The van der Waals surface area contributed by atoms with Crippen LogP contribution in [0.5, 0.6) is 0 Å². The second-order valence-electron chi connectivity index (χ2n) is 8.51. The second kappa shape index (κ2) is 11.2. The number of hydrogen-bond acceptors (Lipinski definition) is 6. The minimum absolute atomic E-state index is 0.0109. The monoisotopic (exact) mass is 558 g/mol. The molecule has 0 spiro atoms. The van der Waals surface area contributed by atoms with E-state index in [1.165, 1.54) is 25.5 Å². The van der Waals surface area contributed by atoms with Crippen LogP contribution in [0, 0.1) is 0 Å². The molecule has 0 fully saturated rings. The zero-order valence-electron chi connectivity index (χ0n) is 21.3. The van der Waals surface area contributed by atoms with E-state index in [2.05, 4.69) is 25.9 Å². The number of thiazole rings is 1. The maximum absolute atomic E-state index is 13.3. The summed E-state index contributed by atoms with van der Waals surface area (Å²) >= 11 is 0.814. The number of halogens is 3. The summed E-state index contributed by atoms with van der Waals surface area (Å²) < 4.78 is 41.8. The van der Waals surface area contributed by atoms with Crippen LogP contribution in [0.3, 0.4) is 0 Å². The summed E-state index contributed by atoms with van der Waals surface area (Å²) in [5.41, 5.74) is 0.443. The Morgan fingerprint density at radius 1 is 1.13 bits per heavy atom. The molecule has 0 aliphatic rings. The van der Waals surface area contributed by atoms with Gasteiger partial charge in [0.05, 0.1) is 5.52 Å². The van der Waals surface area contributed by atoms with Gasteiger partial charge in [-0.05, 0) is 37.1 Å². The van der Waals surface area contributed by atoms with Crippen LogP contribution in [-0.2, 0) is 12.7 Å². The third-order valence-corrected chi connectivity index (χ3v) is 6.71. The van der Waals surface area contributed by atoms with Gasteiger partial charge in [-0.2, -0.15) is 13.2 Å². The van der Waals surface area contributed by atoms with Gasteiger partial charge in [-0.15, -0.1) is 11.3 Å². The summed E-state index contributed by atoms with van der Waals surface area (Å²) in [6, 6.07) is 5.90. The average Bonchev–Trinajstić information content (AvgIpc) is 3.41. The molecule has 3 N–H and O–H groups in total. The summed E-state index contributed by atoms with van der Waals surface area (Å²) in [5.74, 6) is -0.371. The number of amides is 3. The Labute approximate surface area is 225 Å². The van der Waals surface area contributed by atoms with Gasteiger partial charge in [0.2, 0.25) is 5.43 Å². The molecule has 0 aliphatic carbocycles. The molecule has 204 valence electrons. The summed E-state index contributed by atoms with van der Waals surface area (Å²) in [5, 5.41) is 8.95. The first-order valence-corrected chi connectivity index (χ1v) is 12.9. The van der Waals surface area contributed by atoms with Crippen molar-refractivity contribution in [1.29, 1.82) is 0 Å². The number of nitrogens with zero attached hydrogens (tertiary/aromatic N) is 3. The van der Waals surface area contributed by atoms with Gasteiger partial charge in [-0.25, -0.2) is 14.8 Å². The fraction of sp³-hybridized carbons (Fsp3) is 0.269. The highest BCUT2D eigenvalue weighted by Gasteiger charge is 2.34. The summed E-state index contributed by atoms with van der Waals surface area (Å²) in [6.07, 6.45) is -0.951. The van der Waals surface area contributed by atoms with Gasteiger partial charge in [0, 0.05) is 54.4 Å². The Morgan fingerprint density at radius 3 is 2.54 bits per heavy atom. The predicted molar refractivity (Wildman–Crippen MR) is 144 cm³/mol. The molecule has 13 heteroatoms. The Kier molecular flexibility index (Phi) is 8.00. The molecular weight excluding hydrogens is 533 g/mol. The molecule has 3 aromatic heterocycles. The third-order valence-electron chi connectivity index (χ3n) is 5.84. The fourth-order valence-corrected chi connectivity index (χ4v) is 4.92. The number of rotatable bonds is 7. The van der Waals surface area contributed by atoms with Crippen molar-refractivity contribution in [3.05, 3.63) is 63.5 Å². The largest absolute Gasteiger partial charge is 0.434 e. The highest BCUT2D eigenvalue weighted by Crippen LogP contribution is 2.39. The number of alkyl halides is 3. The van der Waals surface area contributed by atoms with Crippen molar-refractivity contribution in [3.63, 3.8) is 0 Å². The second-order valence-corrected chi connectivity index (χ2v) is 9.37. The van der Waals surface area contributed by atoms with E-state index in [0.717, 1.165) is 23.1 Å². The molecule has 39 heavy (non-hydrogen) atoms. The number of benzene rings is 1. The Bertz CT molecular complexity index is 1610. The van der Waals surface area contributed by atoms with Crippen LogP contribution in [0.1, 0.15) is 36.3 Å². The molecule has 9 nitrogen and oxygen atoms in total. The number of carbonyl (C=O) groups is 2. The molecule has 3 amide bonds. The quantitative estimate of drug-likeness (QED) is 0.291. The Hall–Kier alpha value is -4.26. The number of hydrogen-bond donors (Lipinski definition) is 3. The van der Waals surface area contributed by atoms with Crippen LogP contribution in [-0.4, -0.2) is 40.1 Å². The summed E-state index contributed by atoms with van der Waals surface area (Å²) in [6.45, 7) is 4.59. The topological polar surface area (TPSA) is 118 Å². The standard InChI is InChI=1S/C26H25F3N6O3S/c1-4-8-35-12-18(23(37)30-3)22(36)15-7-6-14(9-19(15)35)17-11-32-21(34-25(38)31-5-2)10-16(17)24-33-20(13-39-24)26(27,28)29/h6-7,9-13H,4-5,8H2,1-3H3,(H,30,37)(H2,31,32,34,38). The number of fused-ring (bicyclic) bond motifs is 1. The molecule has 4 aromatic rings. The summed E-state index contributed by atoms with van der Waals surface area (Å²) in [4.78, 5) is 45.5. The lowest BCUT2D eigenvalue weighted by Gasteiger charge is -2.15. The average molecular weight is 559 g/mol. The lowest BCUT2D eigenvalue weighted by Crippen LogP contribution is -2.28. The molecule has 3 heterocycles. The molecule has 1 aromatic carbocycles. The van der Waals surface area contributed by atoms with E-state index < -0.39 is 29.2 Å². The zero-order valence-corrected chi connectivity index (χ0v) is 22.1. The van der Waals surface area contributed by atoms with E-state index >= 15 is 0 Å². The summed E-state index contributed by atoms with van der Waals surface area (Å²) in [7, 11) is 1.45. The van der Waals surface area contributed by atoms with Gasteiger partial charge in [0.15, 0.2) is 5.69 Å². The van der Waals surface area contributed by atoms with Gasteiger partial charge in [-0.3, -0.25) is 14.9 Å². The molecule has 0 atom stereocenters. The first-order valence-electron chi connectivity index (χ1n) is 12.0. The fourth-order valence-electron chi connectivity index (χ4n) is 4.06. The van der Waals surface area contributed by atoms with Crippen LogP contribution in [0.25, 0.3) is 32.6 Å². The highest BCUT2D eigenvalue weighted by atomic mass is 32.1. The van der Waals surface area contributed by atoms with Crippen LogP contribution >= 0.6 is 11.3 Å². The van der Waals surface area contributed by atoms with Crippen molar-refractivity contribution in [2.75, 3.05) is 18.9 Å². The lowest BCUT2D eigenvalue weighted by atomic mass is 9.99. The van der Waals surface area contributed by atoms with Crippen LogP contribution in [0.15, 0.2) is 46.8 Å². The van der Waals surface area contributed by atoms with E-state index in [-0.39, 0.29) is 16.4 Å². The minimum Gasteiger partial charge on any atom is -0.355 e. The maximum atomic E-state index is 13.3.